The first kappa shape index (κ1) is 11.8. The number of fused-ring (bicyclic) bond motifs is 1. The molecule has 92 valence electrons. The van der Waals surface area contributed by atoms with E-state index in [9.17, 15) is 0 Å². The number of hydrogen-bond acceptors (Lipinski definition) is 3. The predicted octanol–water partition coefficient (Wildman–Crippen LogP) is 3.99. The number of benzene rings is 1. The molecule has 2 heterocycles. The Morgan fingerprint density at radius 3 is 2.59 bits per heavy atom. The van der Waals surface area contributed by atoms with Gasteiger partial charge in [-0.05, 0) is 48.0 Å². The van der Waals surface area contributed by atoms with Crippen molar-refractivity contribution in [2.75, 3.05) is 18.6 Å². The van der Waals surface area contributed by atoms with Crippen LogP contribution in [0.3, 0.4) is 0 Å². The minimum Gasteiger partial charge on any atom is -0.497 e. The molecule has 0 N–H and O–H groups in total. The molecular weight excluding hydrogens is 248 g/mol. The first-order chi connectivity index (χ1) is 8.38. The van der Waals surface area contributed by atoms with Crippen LogP contribution in [0.15, 0.2) is 24.3 Å². The molecule has 3 atom stereocenters. The Bertz CT molecular complexity index is 376. The quantitative estimate of drug-likeness (QED) is 0.801. The second kappa shape index (κ2) is 5.15. The van der Waals surface area contributed by atoms with Crippen molar-refractivity contribution in [1.29, 1.82) is 0 Å². The van der Waals surface area contributed by atoms with Gasteiger partial charge in [0.05, 0.1) is 7.11 Å². The normalized spacial score (nSPS) is 32.2. The minimum absolute atomic E-state index is 0.717. The number of thioether (sulfide) groups is 2. The lowest BCUT2D eigenvalue weighted by atomic mass is 9.91. The van der Waals surface area contributed by atoms with Crippen molar-refractivity contribution < 1.29 is 4.74 Å². The Morgan fingerprint density at radius 1 is 1.06 bits per heavy atom. The molecule has 2 saturated heterocycles. The lowest BCUT2D eigenvalue weighted by Gasteiger charge is -2.33. The lowest BCUT2D eigenvalue weighted by molar-refractivity contribution is 0.414. The molecule has 1 aromatic carbocycles. The summed E-state index contributed by atoms with van der Waals surface area (Å²) in [5.41, 5.74) is 1.49. The molecule has 0 saturated carbocycles. The Kier molecular flexibility index (Phi) is 3.57. The van der Waals surface area contributed by atoms with Crippen LogP contribution in [-0.2, 0) is 0 Å². The highest BCUT2D eigenvalue weighted by Gasteiger charge is 2.38. The summed E-state index contributed by atoms with van der Waals surface area (Å²) >= 11 is 4.35. The van der Waals surface area contributed by atoms with E-state index in [-0.39, 0.29) is 0 Å². The number of ether oxygens (including phenoxy) is 1. The van der Waals surface area contributed by atoms with E-state index >= 15 is 0 Å². The second-order valence-electron chi connectivity index (χ2n) is 4.71. The average molecular weight is 266 g/mol. The number of hydrogen-bond donors (Lipinski definition) is 0. The summed E-state index contributed by atoms with van der Waals surface area (Å²) in [6, 6.07) is 8.70. The molecule has 3 unspecified atom stereocenters. The Hall–Kier alpha value is -0.280. The molecular formula is C14H18OS2. The summed E-state index contributed by atoms with van der Waals surface area (Å²) in [6.07, 6.45) is 2.81. The molecule has 2 aliphatic heterocycles. The van der Waals surface area contributed by atoms with Crippen molar-refractivity contribution in [2.45, 2.75) is 23.3 Å². The van der Waals surface area contributed by atoms with E-state index in [2.05, 4.69) is 47.8 Å². The maximum Gasteiger partial charge on any atom is 0.118 e. The van der Waals surface area contributed by atoms with Gasteiger partial charge in [0.25, 0.3) is 0 Å². The molecule has 2 fully saturated rings. The molecule has 3 heteroatoms. The van der Waals surface area contributed by atoms with Gasteiger partial charge in [-0.3, -0.25) is 0 Å². The Balaban J connectivity index is 1.81. The van der Waals surface area contributed by atoms with Gasteiger partial charge in [-0.1, -0.05) is 12.1 Å². The van der Waals surface area contributed by atoms with Crippen LogP contribution in [0.4, 0.5) is 0 Å². The first-order valence-electron chi connectivity index (χ1n) is 6.25. The topological polar surface area (TPSA) is 9.23 Å². The van der Waals surface area contributed by atoms with Gasteiger partial charge < -0.3 is 4.74 Å². The van der Waals surface area contributed by atoms with E-state index in [0.717, 1.165) is 22.2 Å². The van der Waals surface area contributed by atoms with E-state index < -0.39 is 0 Å². The molecule has 0 amide bonds. The van der Waals surface area contributed by atoms with Gasteiger partial charge in [0.2, 0.25) is 0 Å². The van der Waals surface area contributed by atoms with Gasteiger partial charge in [0.1, 0.15) is 5.75 Å². The highest BCUT2D eigenvalue weighted by molar-refractivity contribution is 8.01. The molecule has 1 nitrogen and oxygen atoms in total. The van der Waals surface area contributed by atoms with Gasteiger partial charge in [0.15, 0.2) is 0 Å². The molecule has 1 aromatic rings. The van der Waals surface area contributed by atoms with Crippen molar-refractivity contribution in [1.82, 2.24) is 0 Å². The van der Waals surface area contributed by atoms with E-state index in [4.69, 9.17) is 4.74 Å². The highest BCUT2D eigenvalue weighted by atomic mass is 32.2. The SMILES string of the molecule is COc1ccc(C2SCCC3SCCC32)cc1. The summed E-state index contributed by atoms with van der Waals surface area (Å²) in [5, 5.41) is 1.64. The smallest absolute Gasteiger partial charge is 0.118 e. The van der Waals surface area contributed by atoms with Gasteiger partial charge >= 0.3 is 0 Å². The molecule has 3 rings (SSSR count). The van der Waals surface area contributed by atoms with Crippen LogP contribution in [0, 0.1) is 5.92 Å². The summed E-state index contributed by atoms with van der Waals surface area (Å²) in [5.74, 6) is 4.55. The molecule has 17 heavy (non-hydrogen) atoms. The van der Waals surface area contributed by atoms with Crippen LogP contribution >= 0.6 is 23.5 Å². The molecule has 0 aromatic heterocycles. The van der Waals surface area contributed by atoms with Crippen molar-refractivity contribution >= 4 is 23.5 Å². The summed E-state index contributed by atoms with van der Waals surface area (Å²) in [6.45, 7) is 0. The number of methoxy groups -OCH3 is 1. The predicted molar refractivity (Wildman–Crippen MR) is 77.2 cm³/mol. The fraction of sp³-hybridized carbons (Fsp3) is 0.571. The number of rotatable bonds is 2. The van der Waals surface area contributed by atoms with Crippen LogP contribution in [0.25, 0.3) is 0 Å². The minimum atomic E-state index is 0.717. The fourth-order valence-corrected chi connectivity index (χ4v) is 6.23. The monoisotopic (exact) mass is 266 g/mol. The van der Waals surface area contributed by atoms with Gasteiger partial charge in [-0.25, -0.2) is 0 Å². The molecule has 0 aliphatic carbocycles. The van der Waals surface area contributed by atoms with Crippen molar-refractivity contribution in [3.63, 3.8) is 0 Å². The van der Waals surface area contributed by atoms with Crippen LogP contribution in [0.5, 0.6) is 5.75 Å². The third-order valence-electron chi connectivity index (χ3n) is 3.79. The van der Waals surface area contributed by atoms with Crippen LogP contribution in [0.2, 0.25) is 0 Å². The van der Waals surface area contributed by atoms with Gasteiger partial charge in [-0.2, -0.15) is 23.5 Å². The zero-order valence-corrected chi connectivity index (χ0v) is 11.7. The summed E-state index contributed by atoms with van der Waals surface area (Å²) in [4.78, 5) is 0. The first-order valence-corrected chi connectivity index (χ1v) is 8.35. The zero-order chi connectivity index (χ0) is 11.7. The van der Waals surface area contributed by atoms with Crippen molar-refractivity contribution in [2.24, 2.45) is 5.92 Å². The standard InChI is InChI=1S/C14H18OS2/c1-15-11-4-2-10(3-5-11)14-12-6-8-16-13(12)7-9-17-14/h2-5,12-14H,6-9H2,1H3. The molecule has 0 spiro atoms. The zero-order valence-electron chi connectivity index (χ0n) is 10.1. The molecule has 0 radical (unpaired) electrons. The van der Waals surface area contributed by atoms with Gasteiger partial charge in [0, 0.05) is 10.5 Å². The van der Waals surface area contributed by atoms with Crippen molar-refractivity contribution in [3.8, 4) is 5.75 Å². The van der Waals surface area contributed by atoms with Crippen LogP contribution < -0.4 is 4.74 Å². The summed E-state index contributed by atoms with van der Waals surface area (Å²) in [7, 11) is 1.73. The van der Waals surface area contributed by atoms with E-state index in [1.54, 1.807) is 7.11 Å². The maximum absolute atomic E-state index is 5.23. The van der Waals surface area contributed by atoms with E-state index in [1.165, 1.54) is 29.9 Å². The second-order valence-corrected chi connectivity index (χ2v) is 7.31. The van der Waals surface area contributed by atoms with Crippen LogP contribution in [0.1, 0.15) is 23.7 Å². The highest BCUT2D eigenvalue weighted by Crippen LogP contribution is 2.52. The van der Waals surface area contributed by atoms with E-state index in [0.29, 0.717) is 0 Å². The molecule has 0 bridgehead atoms. The van der Waals surface area contributed by atoms with Gasteiger partial charge in [-0.15, -0.1) is 0 Å². The molecule has 2 aliphatic rings. The van der Waals surface area contributed by atoms with Crippen molar-refractivity contribution in [3.05, 3.63) is 29.8 Å². The van der Waals surface area contributed by atoms with Crippen LogP contribution in [-0.4, -0.2) is 23.9 Å². The summed E-state index contributed by atoms with van der Waals surface area (Å²) < 4.78 is 5.23. The average Bonchev–Trinajstić information content (AvgIpc) is 2.87. The third-order valence-corrected chi connectivity index (χ3v) is 6.73. The Labute approximate surface area is 112 Å². The largest absolute Gasteiger partial charge is 0.497 e. The lowest BCUT2D eigenvalue weighted by Crippen LogP contribution is -2.24. The fourth-order valence-electron chi connectivity index (χ4n) is 2.88. The Morgan fingerprint density at radius 2 is 1.82 bits per heavy atom. The third kappa shape index (κ3) is 2.32. The van der Waals surface area contributed by atoms with E-state index in [1.807, 2.05) is 0 Å². The maximum atomic E-state index is 5.23.